The topological polar surface area (TPSA) is 53.2 Å². The molecule has 4 nitrogen and oxygen atoms in total. The molecule has 1 saturated carbocycles. The molecule has 1 aromatic carbocycles. The van der Waals surface area contributed by atoms with Crippen molar-refractivity contribution in [3.63, 3.8) is 0 Å². The number of halogens is 1. The number of nitrogens with one attached hydrogen (secondary N) is 3. The first kappa shape index (κ1) is 14.2. The van der Waals surface area contributed by atoms with Crippen LogP contribution in [0.15, 0.2) is 24.3 Å². The minimum absolute atomic E-state index is 0. The van der Waals surface area contributed by atoms with Crippen LogP contribution in [0.25, 0.3) is 0 Å². The van der Waals surface area contributed by atoms with Crippen LogP contribution in [0, 0.1) is 0 Å². The fourth-order valence-electron chi connectivity index (χ4n) is 1.46. The van der Waals surface area contributed by atoms with E-state index in [4.69, 9.17) is 0 Å². The first-order chi connectivity index (χ1) is 7.79. The molecule has 0 spiro atoms. The van der Waals surface area contributed by atoms with Gasteiger partial charge in [0.05, 0.1) is 0 Å². The lowest BCUT2D eigenvalue weighted by molar-refractivity contribution is 0.0951. The largest absolute Gasteiger partial charge is 0.349 e. The van der Waals surface area contributed by atoms with E-state index in [9.17, 15) is 4.79 Å². The van der Waals surface area contributed by atoms with Crippen LogP contribution in [0.5, 0.6) is 0 Å². The number of hydrogen-bond acceptors (Lipinski definition) is 3. The summed E-state index contributed by atoms with van der Waals surface area (Å²) in [5, 5.41) is 2.97. The highest BCUT2D eigenvalue weighted by Gasteiger charge is 2.23. The number of carbonyl (C=O) groups is 1. The van der Waals surface area contributed by atoms with E-state index < -0.39 is 0 Å². The van der Waals surface area contributed by atoms with Gasteiger partial charge >= 0.3 is 0 Å². The van der Waals surface area contributed by atoms with E-state index in [0.29, 0.717) is 6.04 Å². The number of hydrogen-bond donors (Lipinski definition) is 3. The lowest BCUT2D eigenvalue weighted by Gasteiger charge is -2.05. The summed E-state index contributed by atoms with van der Waals surface area (Å²) in [5.74, 6) is 0.0376. The van der Waals surface area contributed by atoms with Crippen molar-refractivity contribution in [2.45, 2.75) is 25.4 Å². The second-order valence-electron chi connectivity index (χ2n) is 4.05. The van der Waals surface area contributed by atoms with E-state index >= 15 is 0 Å². The highest BCUT2D eigenvalue weighted by Crippen LogP contribution is 2.19. The molecule has 0 bridgehead atoms. The molecular formula is C12H18BrN3O. The highest BCUT2D eigenvalue weighted by molar-refractivity contribution is 8.93. The van der Waals surface area contributed by atoms with Crippen LogP contribution in [0.3, 0.4) is 0 Å². The van der Waals surface area contributed by atoms with Crippen LogP contribution >= 0.6 is 17.0 Å². The zero-order valence-electron chi connectivity index (χ0n) is 9.82. The normalized spacial score (nSPS) is 13.9. The van der Waals surface area contributed by atoms with Gasteiger partial charge in [0.15, 0.2) is 0 Å². The maximum Gasteiger partial charge on any atom is 0.251 e. The molecule has 17 heavy (non-hydrogen) atoms. The molecule has 0 radical (unpaired) electrons. The summed E-state index contributed by atoms with van der Waals surface area (Å²) in [6.45, 7) is 0.751. The minimum Gasteiger partial charge on any atom is -0.349 e. The molecule has 0 aliphatic heterocycles. The van der Waals surface area contributed by atoms with Gasteiger partial charge in [0.2, 0.25) is 0 Å². The molecule has 94 valence electrons. The van der Waals surface area contributed by atoms with Gasteiger partial charge in [-0.15, -0.1) is 17.0 Å². The molecule has 0 aromatic heterocycles. The Balaban J connectivity index is 0.00000144. The van der Waals surface area contributed by atoms with Crippen molar-refractivity contribution in [1.29, 1.82) is 0 Å². The molecule has 1 fully saturated rings. The van der Waals surface area contributed by atoms with Gasteiger partial charge in [-0.1, -0.05) is 12.1 Å². The van der Waals surface area contributed by atoms with E-state index in [2.05, 4.69) is 16.2 Å². The average molecular weight is 300 g/mol. The highest BCUT2D eigenvalue weighted by atomic mass is 79.9. The van der Waals surface area contributed by atoms with Crippen molar-refractivity contribution >= 4 is 22.9 Å². The lowest BCUT2D eigenvalue weighted by Crippen LogP contribution is -2.27. The van der Waals surface area contributed by atoms with E-state index in [1.54, 1.807) is 0 Å². The second kappa shape index (κ2) is 6.74. The maximum absolute atomic E-state index is 11.7. The molecule has 5 heteroatoms. The summed E-state index contributed by atoms with van der Waals surface area (Å²) < 4.78 is 0. The molecular weight excluding hydrogens is 282 g/mol. The summed E-state index contributed by atoms with van der Waals surface area (Å²) in [5.41, 5.74) is 7.75. The summed E-state index contributed by atoms with van der Waals surface area (Å²) in [6.07, 6.45) is 2.24. The first-order valence-electron chi connectivity index (χ1n) is 5.59. The smallest absolute Gasteiger partial charge is 0.251 e. The molecule has 1 aliphatic carbocycles. The summed E-state index contributed by atoms with van der Waals surface area (Å²) in [6, 6.07) is 8.07. The van der Waals surface area contributed by atoms with Crippen LogP contribution in [-0.2, 0) is 6.54 Å². The number of hydrazine groups is 1. The van der Waals surface area contributed by atoms with Crippen LogP contribution in [0.2, 0.25) is 0 Å². The van der Waals surface area contributed by atoms with Crippen molar-refractivity contribution in [3.05, 3.63) is 35.4 Å². The van der Waals surface area contributed by atoms with Gasteiger partial charge in [-0.3, -0.25) is 15.6 Å². The van der Waals surface area contributed by atoms with Gasteiger partial charge < -0.3 is 5.32 Å². The standard InChI is InChI=1S/C12H17N3O.BrH/c1-13-14-8-9-2-4-10(5-3-9)12(16)15-11-6-7-11;/h2-5,11,13-14H,6-8H2,1H3,(H,15,16);1H. The Hall–Kier alpha value is -0.910. The Bertz CT molecular complexity index is 363. The number of benzene rings is 1. The molecule has 0 saturated heterocycles. The van der Waals surface area contributed by atoms with Crippen molar-refractivity contribution < 1.29 is 4.79 Å². The summed E-state index contributed by atoms with van der Waals surface area (Å²) in [7, 11) is 1.83. The second-order valence-corrected chi connectivity index (χ2v) is 4.05. The van der Waals surface area contributed by atoms with Crippen LogP contribution in [-0.4, -0.2) is 19.0 Å². The van der Waals surface area contributed by atoms with Crippen LogP contribution < -0.4 is 16.2 Å². The SMILES string of the molecule is Br.CNNCc1ccc(C(=O)NC2CC2)cc1. The summed E-state index contributed by atoms with van der Waals surface area (Å²) in [4.78, 5) is 11.7. The van der Waals surface area contributed by atoms with Gasteiger partial charge in [0.1, 0.15) is 0 Å². The molecule has 1 amide bonds. The summed E-state index contributed by atoms with van der Waals surface area (Å²) >= 11 is 0. The molecule has 0 unspecified atom stereocenters. The van der Waals surface area contributed by atoms with E-state index in [-0.39, 0.29) is 22.9 Å². The molecule has 1 aromatic rings. The third kappa shape index (κ3) is 4.46. The van der Waals surface area contributed by atoms with Gasteiger partial charge in [-0.2, -0.15) is 0 Å². The van der Waals surface area contributed by atoms with E-state index in [1.807, 2.05) is 31.3 Å². The fourth-order valence-corrected chi connectivity index (χ4v) is 1.46. The fraction of sp³-hybridized carbons (Fsp3) is 0.417. The predicted molar refractivity (Wildman–Crippen MR) is 73.2 cm³/mol. The Morgan fingerprint density at radius 3 is 2.47 bits per heavy atom. The maximum atomic E-state index is 11.7. The quantitative estimate of drug-likeness (QED) is 0.720. The molecule has 1 aliphatic rings. The van der Waals surface area contributed by atoms with Gasteiger partial charge in [0, 0.05) is 18.2 Å². The van der Waals surface area contributed by atoms with E-state index in [1.165, 1.54) is 0 Å². The third-order valence-corrected chi connectivity index (χ3v) is 2.60. The van der Waals surface area contributed by atoms with Gasteiger partial charge in [0.25, 0.3) is 5.91 Å². The Morgan fingerprint density at radius 2 is 1.94 bits per heavy atom. The van der Waals surface area contributed by atoms with E-state index in [0.717, 1.165) is 30.5 Å². The van der Waals surface area contributed by atoms with Crippen LogP contribution in [0.1, 0.15) is 28.8 Å². The first-order valence-corrected chi connectivity index (χ1v) is 5.59. The monoisotopic (exact) mass is 299 g/mol. The van der Waals surface area contributed by atoms with Gasteiger partial charge in [-0.05, 0) is 37.6 Å². The van der Waals surface area contributed by atoms with Gasteiger partial charge in [-0.25, -0.2) is 0 Å². The Morgan fingerprint density at radius 1 is 1.29 bits per heavy atom. The zero-order chi connectivity index (χ0) is 11.4. The third-order valence-electron chi connectivity index (χ3n) is 2.60. The Labute approximate surface area is 112 Å². The molecule has 2 rings (SSSR count). The van der Waals surface area contributed by atoms with Crippen molar-refractivity contribution in [1.82, 2.24) is 16.2 Å². The average Bonchev–Trinajstić information content (AvgIpc) is 3.11. The Kier molecular flexibility index (Phi) is 5.61. The lowest BCUT2D eigenvalue weighted by atomic mass is 10.1. The van der Waals surface area contributed by atoms with Crippen molar-refractivity contribution in [3.8, 4) is 0 Å². The molecule has 0 heterocycles. The molecule has 0 atom stereocenters. The number of carbonyl (C=O) groups excluding carboxylic acids is 1. The predicted octanol–water partition coefficient (Wildman–Crippen LogP) is 1.38. The number of rotatable bonds is 5. The zero-order valence-corrected chi connectivity index (χ0v) is 11.5. The minimum atomic E-state index is 0. The van der Waals surface area contributed by atoms with Crippen molar-refractivity contribution in [2.75, 3.05) is 7.05 Å². The van der Waals surface area contributed by atoms with Crippen molar-refractivity contribution in [2.24, 2.45) is 0 Å². The molecule has 3 N–H and O–H groups in total. The number of amides is 1. The van der Waals surface area contributed by atoms with Crippen LogP contribution in [0.4, 0.5) is 0 Å².